The molecule has 0 heterocycles. The molecule has 6 aromatic carbocycles. The zero-order chi connectivity index (χ0) is 37.8. The van der Waals surface area contributed by atoms with Crippen molar-refractivity contribution in [3.8, 4) is 12.1 Å². The Labute approximate surface area is 340 Å². The Kier molecular flexibility index (Phi) is 18.4. The van der Waals surface area contributed by atoms with Crippen molar-refractivity contribution in [3.05, 3.63) is 181 Å². The summed E-state index contributed by atoms with van der Waals surface area (Å²) in [7, 11) is -2.39. The standard InChI is InChI=1S/C44H40N2P2.2C2H3N.Fe/c1-5-21-37(22-6-1)47(38-23-7-2-8-24-38)43-31-17-13-19-35(43)33-45-41-29-15-16-30-42(41)46-34-36-20-14-18-32-44(36)48(39-25-9-3-10-26-39)40-27-11-4-12-28-40;2*1-2-3;/h1-14,17-28,31-34,41-42H,15-16,29-30H2;2*1H3;/p+2. The molecule has 2 atom stereocenters. The van der Waals surface area contributed by atoms with E-state index in [2.05, 4.69) is 182 Å². The van der Waals surface area contributed by atoms with Gasteiger partial charge in [-0.25, -0.2) is 0 Å². The van der Waals surface area contributed by atoms with Gasteiger partial charge in [0.05, 0.1) is 40.1 Å². The second kappa shape index (κ2) is 23.7. The molecule has 55 heavy (non-hydrogen) atoms. The van der Waals surface area contributed by atoms with Crippen molar-refractivity contribution >= 4 is 60.1 Å². The molecule has 1 fully saturated rings. The molecule has 0 amide bonds. The third-order valence-electron chi connectivity index (χ3n) is 9.21. The number of nitrogens with zero attached hydrogens (tertiary/aromatic N) is 4. The van der Waals surface area contributed by atoms with Crippen molar-refractivity contribution < 1.29 is 17.1 Å². The van der Waals surface area contributed by atoms with E-state index in [1.807, 2.05) is 0 Å². The molecular formula is C48H48FeN4P2+2. The number of hydrogen-bond acceptors (Lipinski definition) is 4. The van der Waals surface area contributed by atoms with Gasteiger partial charge in [-0.15, -0.1) is 0 Å². The molecule has 0 bridgehead atoms. The van der Waals surface area contributed by atoms with Gasteiger partial charge in [0, 0.05) is 54.5 Å². The van der Waals surface area contributed by atoms with Crippen molar-refractivity contribution in [2.75, 3.05) is 0 Å². The average Bonchev–Trinajstić information content (AvgIpc) is 3.23. The maximum absolute atomic E-state index is 7.32. The van der Waals surface area contributed by atoms with Gasteiger partial charge in [-0.3, -0.25) is 9.98 Å². The first-order valence-corrected chi connectivity index (χ1v) is 21.5. The molecule has 1 aliphatic rings. The van der Waals surface area contributed by atoms with Crippen molar-refractivity contribution in [3.63, 3.8) is 0 Å². The minimum atomic E-state index is -1.19. The van der Waals surface area contributed by atoms with Crippen LogP contribution in [0.3, 0.4) is 0 Å². The van der Waals surface area contributed by atoms with Crippen LogP contribution in [0, 0.1) is 22.7 Å². The molecule has 2 unspecified atom stereocenters. The quantitative estimate of drug-likeness (QED) is 0.0792. The molecule has 0 aromatic heterocycles. The maximum atomic E-state index is 7.32. The van der Waals surface area contributed by atoms with Crippen LogP contribution >= 0.6 is 15.8 Å². The third kappa shape index (κ3) is 12.3. The monoisotopic (exact) mass is 798 g/mol. The Morgan fingerprint density at radius 3 is 1.00 bits per heavy atom. The van der Waals surface area contributed by atoms with E-state index in [0.717, 1.165) is 12.8 Å². The van der Waals surface area contributed by atoms with Gasteiger partial charge in [-0.2, -0.15) is 10.5 Å². The molecule has 7 rings (SSSR count). The molecule has 0 spiro atoms. The topological polar surface area (TPSA) is 72.3 Å². The van der Waals surface area contributed by atoms with E-state index in [1.165, 1.54) is 69.6 Å². The smallest absolute Gasteiger partial charge is 0.111 e. The third-order valence-corrected chi connectivity index (χ3v) is 14.8. The van der Waals surface area contributed by atoms with E-state index in [1.54, 1.807) is 12.1 Å². The van der Waals surface area contributed by atoms with Gasteiger partial charge in [0.2, 0.25) is 0 Å². The first kappa shape index (κ1) is 42.8. The van der Waals surface area contributed by atoms with E-state index in [4.69, 9.17) is 20.5 Å². The number of benzene rings is 6. The molecule has 0 aliphatic heterocycles. The molecule has 0 saturated heterocycles. The van der Waals surface area contributed by atoms with Gasteiger partial charge < -0.3 is 0 Å². The molecular weight excluding hydrogens is 750 g/mol. The van der Waals surface area contributed by atoms with Crippen LogP contribution in [-0.2, 0) is 17.1 Å². The van der Waals surface area contributed by atoms with Gasteiger partial charge in [-0.05, 0) is 85.6 Å². The summed E-state index contributed by atoms with van der Waals surface area (Å²) >= 11 is 0. The van der Waals surface area contributed by atoms with Crippen LogP contribution in [0.2, 0.25) is 0 Å². The van der Waals surface area contributed by atoms with E-state index in [-0.39, 0.29) is 29.2 Å². The summed E-state index contributed by atoms with van der Waals surface area (Å²) in [5, 5.41) is 23.0. The van der Waals surface area contributed by atoms with Crippen LogP contribution in [0.5, 0.6) is 0 Å². The van der Waals surface area contributed by atoms with Crippen molar-refractivity contribution in [2.45, 2.75) is 51.6 Å². The fourth-order valence-corrected chi connectivity index (χ4v) is 12.3. The van der Waals surface area contributed by atoms with E-state index in [0.29, 0.717) is 0 Å². The van der Waals surface area contributed by atoms with Crippen LogP contribution in [0.1, 0.15) is 50.7 Å². The van der Waals surface area contributed by atoms with Gasteiger partial charge in [-0.1, -0.05) is 110 Å². The predicted octanol–water partition coefficient (Wildman–Crippen LogP) is 8.57. The summed E-state index contributed by atoms with van der Waals surface area (Å²) in [5.41, 5.74) is 2.44. The van der Waals surface area contributed by atoms with E-state index >= 15 is 0 Å². The summed E-state index contributed by atoms with van der Waals surface area (Å²) in [6.07, 6.45) is 8.85. The number of hydrogen-bond donors (Lipinski definition) is 0. The fraction of sp³-hybridized carbons (Fsp3) is 0.167. The molecule has 7 heteroatoms. The first-order chi connectivity index (χ1) is 26.7. The summed E-state index contributed by atoms with van der Waals surface area (Å²) in [4.78, 5) is 10.6. The first-order valence-electron chi connectivity index (χ1n) is 18.5. The maximum Gasteiger partial charge on any atom is 0.111 e. The molecule has 0 radical (unpaired) electrons. The Hall–Kier alpha value is -4.98. The summed E-state index contributed by atoms with van der Waals surface area (Å²) in [5.74, 6) is 0. The molecule has 6 aromatic rings. The van der Waals surface area contributed by atoms with Crippen LogP contribution in [0.15, 0.2) is 180 Å². The minimum Gasteiger partial charge on any atom is -0.287 e. The Morgan fingerprint density at radius 1 is 0.455 bits per heavy atom. The van der Waals surface area contributed by atoms with Crippen LogP contribution in [0.25, 0.3) is 0 Å². The van der Waals surface area contributed by atoms with E-state index < -0.39 is 15.8 Å². The van der Waals surface area contributed by atoms with Gasteiger partial charge in [0.1, 0.15) is 31.8 Å². The Balaban J connectivity index is 0.000000904. The number of nitriles is 2. The summed E-state index contributed by atoms with van der Waals surface area (Å²) in [6, 6.07) is 65.5. The zero-order valence-corrected chi connectivity index (χ0v) is 34.6. The summed E-state index contributed by atoms with van der Waals surface area (Å²) in [6.45, 7) is 2.86. The Morgan fingerprint density at radius 2 is 0.709 bits per heavy atom. The number of rotatable bonds is 10. The molecule has 0 N–H and O–H groups in total. The predicted molar refractivity (Wildman–Crippen MR) is 237 cm³/mol. The van der Waals surface area contributed by atoms with Crippen LogP contribution < -0.4 is 31.8 Å². The van der Waals surface area contributed by atoms with Crippen molar-refractivity contribution in [2.24, 2.45) is 9.98 Å². The van der Waals surface area contributed by atoms with Gasteiger partial charge in [0.15, 0.2) is 0 Å². The minimum absolute atomic E-state index is 0. The second-order valence-corrected chi connectivity index (χ2v) is 17.7. The molecule has 276 valence electrons. The largest absolute Gasteiger partial charge is 0.287 e. The van der Waals surface area contributed by atoms with Crippen LogP contribution in [-0.4, -0.2) is 24.5 Å². The van der Waals surface area contributed by atoms with Gasteiger partial charge >= 0.3 is 0 Å². The fourth-order valence-electron chi connectivity index (χ4n) is 6.84. The van der Waals surface area contributed by atoms with Crippen molar-refractivity contribution in [1.82, 2.24) is 0 Å². The van der Waals surface area contributed by atoms with E-state index in [9.17, 15) is 0 Å². The van der Waals surface area contributed by atoms with Gasteiger partial charge in [0.25, 0.3) is 0 Å². The summed E-state index contributed by atoms with van der Waals surface area (Å²) < 4.78 is 0. The second-order valence-electron chi connectivity index (χ2n) is 12.8. The number of aliphatic imine (C=N–C) groups is 2. The SMILES string of the molecule is C(=NC1CCCCC1N=Cc1ccccc1[PH+](c1ccccc1)c1ccccc1)c1ccccc1[PH+](c1ccccc1)c1ccccc1.CC#N.CC#N.[Fe]. The normalized spacial score (nSPS) is 14.8. The average molecular weight is 799 g/mol. The Bertz CT molecular complexity index is 1910. The van der Waals surface area contributed by atoms with Crippen LogP contribution in [0.4, 0.5) is 0 Å². The van der Waals surface area contributed by atoms with Crippen molar-refractivity contribution in [1.29, 1.82) is 10.5 Å². The zero-order valence-electron chi connectivity index (χ0n) is 31.4. The molecule has 4 nitrogen and oxygen atoms in total. The molecule has 1 saturated carbocycles. The molecule has 1 aliphatic carbocycles.